The topological polar surface area (TPSA) is 69.0 Å². The molecule has 0 saturated heterocycles. The summed E-state index contributed by atoms with van der Waals surface area (Å²) in [6, 6.07) is 7.42. The molecule has 2 aromatic rings. The SMILES string of the molecule is Cc1ccc(OCCNC(=O)C(C)n2cncn2)cc1. The van der Waals surface area contributed by atoms with E-state index < -0.39 is 0 Å². The number of amides is 1. The summed E-state index contributed by atoms with van der Waals surface area (Å²) >= 11 is 0. The molecule has 106 valence electrons. The molecule has 0 aliphatic heterocycles. The molecule has 0 aliphatic rings. The smallest absolute Gasteiger partial charge is 0.244 e. The Morgan fingerprint density at radius 1 is 1.40 bits per heavy atom. The van der Waals surface area contributed by atoms with Crippen LogP contribution in [0.3, 0.4) is 0 Å². The van der Waals surface area contributed by atoms with E-state index in [-0.39, 0.29) is 11.9 Å². The maximum atomic E-state index is 11.8. The Bertz CT molecular complexity index is 537. The summed E-state index contributed by atoms with van der Waals surface area (Å²) in [6.07, 6.45) is 2.93. The number of hydrogen-bond acceptors (Lipinski definition) is 4. The van der Waals surface area contributed by atoms with E-state index in [1.807, 2.05) is 31.2 Å². The molecule has 1 atom stereocenters. The minimum Gasteiger partial charge on any atom is -0.492 e. The van der Waals surface area contributed by atoms with Crippen LogP contribution >= 0.6 is 0 Å². The molecular weight excluding hydrogens is 256 g/mol. The van der Waals surface area contributed by atoms with Crippen LogP contribution in [-0.4, -0.2) is 33.8 Å². The van der Waals surface area contributed by atoms with Gasteiger partial charge in [-0.1, -0.05) is 17.7 Å². The van der Waals surface area contributed by atoms with Crippen molar-refractivity contribution in [1.82, 2.24) is 20.1 Å². The lowest BCUT2D eigenvalue weighted by atomic mass is 10.2. The Labute approximate surface area is 117 Å². The highest BCUT2D eigenvalue weighted by Gasteiger charge is 2.14. The molecule has 6 nitrogen and oxygen atoms in total. The molecule has 20 heavy (non-hydrogen) atoms. The largest absolute Gasteiger partial charge is 0.492 e. The van der Waals surface area contributed by atoms with E-state index in [0.29, 0.717) is 13.2 Å². The second kappa shape index (κ2) is 6.70. The third kappa shape index (κ3) is 3.81. The summed E-state index contributed by atoms with van der Waals surface area (Å²) in [4.78, 5) is 15.7. The van der Waals surface area contributed by atoms with Gasteiger partial charge in [0.05, 0.1) is 6.54 Å². The standard InChI is InChI=1S/C14H18N4O2/c1-11-3-5-13(6-4-11)20-8-7-16-14(19)12(2)18-10-15-9-17-18/h3-6,9-10,12H,7-8H2,1-2H3,(H,16,19). The zero-order chi connectivity index (χ0) is 14.4. The number of carbonyl (C=O) groups excluding carboxylic acids is 1. The molecular formula is C14H18N4O2. The van der Waals surface area contributed by atoms with Gasteiger partial charge in [0.2, 0.25) is 5.91 Å². The number of rotatable bonds is 6. The zero-order valence-electron chi connectivity index (χ0n) is 11.6. The first-order chi connectivity index (χ1) is 9.66. The Balaban J connectivity index is 1.70. The van der Waals surface area contributed by atoms with E-state index in [9.17, 15) is 4.79 Å². The van der Waals surface area contributed by atoms with E-state index in [1.54, 1.807) is 6.92 Å². The average molecular weight is 274 g/mol. The molecule has 1 aromatic heterocycles. The van der Waals surface area contributed by atoms with Crippen LogP contribution in [0.15, 0.2) is 36.9 Å². The van der Waals surface area contributed by atoms with Crippen LogP contribution < -0.4 is 10.1 Å². The number of carbonyl (C=O) groups is 1. The third-order valence-corrected chi connectivity index (χ3v) is 2.90. The second-order valence-corrected chi connectivity index (χ2v) is 4.50. The van der Waals surface area contributed by atoms with Gasteiger partial charge in [-0.15, -0.1) is 0 Å². The fourth-order valence-corrected chi connectivity index (χ4v) is 1.66. The van der Waals surface area contributed by atoms with E-state index in [2.05, 4.69) is 15.4 Å². The lowest BCUT2D eigenvalue weighted by molar-refractivity contribution is -0.124. The van der Waals surface area contributed by atoms with Crippen molar-refractivity contribution < 1.29 is 9.53 Å². The van der Waals surface area contributed by atoms with Crippen molar-refractivity contribution in [2.45, 2.75) is 19.9 Å². The first-order valence-electron chi connectivity index (χ1n) is 6.48. The normalized spacial score (nSPS) is 11.9. The van der Waals surface area contributed by atoms with Crippen LogP contribution in [0.4, 0.5) is 0 Å². The molecule has 1 heterocycles. The molecule has 0 saturated carbocycles. The number of hydrogen-bond donors (Lipinski definition) is 1. The van der Waals surface area contributed by atoms with E-state index in [0.717, 1.165) is 5.75 Å². The highest BCUT2D eigenvalue weighted by atomic mass is 16.5. The van der Waals surface area contributed by atoms with Gasteiger partial charge in [0.25, 0.3) is 0 Å². The number of benzene rings is 1. The first-order valence-corrected chi connectivity index (χ1v) is 6.48. The predicted octanol–water partition coefficient (Wildman–Crippen LogP) is 1.34. The minimum atomic E-state index is -0.378. The van der Waals surface area contributed by atoms with Crippen LogP contribution in [0.2, 0.25) is 0 Å². The van der Waals surface area contributed by atoms with Crippen LogP contribution in [-0.2, 0) is 4.79 Å². The Morgan fingerprint density at radius 2 is 2.15 bits per heavy atom. The van der Waals surface area contributed by atoms with E-state index in [1.165, 1.54) is 22.9 Å². The number of aromatic nitrogens is 3. The van der Waals surface area contributed by atoms with Crippen molar-refractivity contribution in [2.75, 3.05) is 13.2 Å². The highest BCUT2D eigenvalue weighted by Crippen LogP contribution is 2.10. The summed E-state index contributed by atoms with van der Waals surface area (Å²) < 4.78 is 7.04. The second-order valence-electron chi connectivity index (χ2n) is 4.50. The van der Waals surface area contributed by atoms with Gasteiger partial charge in [0.1, 0.15) is 31.1 Å². The van der Waals surface area contributed by atoms with Gasteiger partial charge < -0.3 is 10.1 Å². The van der Waals surface area contributed by atoms with E-state index >= 15 is 0 Å². The fourth-order valence-electron chi connectivity index (χ4n) is 1.66. The van der Waals surface area contributed by atoms with Crippen molar-refractivity contribution in [2.24, 2.45) is 0 Å². The molecule has 0 fully saturated rings. The summed E-state index contributed by atoms with van der Waals surface area (Å²) in [5.74, 6) is 0.692. The predicted molar refractivity (Wildman–Crippen MR) is 74.4 cm³/mol. The fraction of sp³-hybridized carbons (Fsp3) is 0.357. The molecule has 6 heteroatoms. The van der Waals surface area contributed by atoms with Crippen LogP contribution in [0, 0.1) is 6.92 Å². The zero-order valence-corrected chi connectivity index (χ0v) is 11.6. The molecule has 1 unspecified atom stereocenters. The lowest BCUT2D eigenvalue weighted by Crippen LogP contribution is -2.34. The van der Waals surface area contributed by atoms with Gasteiger partial charge in [-0.05, 0) is 26.0 Å². The molecule has 1 amide bonds. The molecule has 0 bridgehead atoms. The number of ether oxygens (including phenoxy) is 1. The van der Waals surface area contributed by atoms with Gasteiger partial charge in [-0.2, -0.15) is 5.10 Å². The van der Waals surface area contributed by atoms with E-state index in [4.69, 9.17) is 4.74 Å². The summed E-state index contributed by atoms with van der Waals surface area (Å²) in [7, 11) is 0. The van der Waals surface area contributed by atoms with Crippen molar-refractivity contribution in [3.63, 3.8) is 0 Å². The molecule has 1 N–H and O–H groups in total. The summed E-state index contributed by atoms with van der Waals surface area (Å²) in [5, 5.41) is 6.73. The van der Waals surface area contributed by atoms with Crippen molar-refractivity contribution in [3.05, 3.63) is 42.5 Å². The lowest BCUT2D eigenvalue weighted by Gasteiger charge is -2.12. The number of nitrogens with one attached hydrogen (secondary N) is 1. The summed E-state index contributed by atoms with van der Waals surface area (Å²) in [5.41, 5.74) is 1.19. The van der Waals surface area contributed by atoms with Crippen molar-refractivity contribution >= 4 is 5.91 Å². The molecule has 0 spiro atoms. The average Bonchev–Trinajstić information content (AvgIpc) is 2.98. The Kier molecular flexibility index (Phi) is 4.70. The Hall–Kier alpha value is -2.37. The quantitative estimate of drug-likeness (QED) is 0.807. The molecule has 2 rings (SSSR count). The van der Waals surface area contributed by atoms with Crippen molar-refractivity contribution in [1.29, 1.82) is 0 Å². The summed E-state index contributed by atoms with van der Waals surface area (Å²) in [6.45, 7) is 4.67. The number of nitrogens with zero attached hydrogens (tertiary/aromatic N) is 3. The van der Waals surface area contributed by atoms with Crippen molar-refractivity contribution in [3.8, 4) is 5.75 Å². The first kappa shape index (κ1) is 14.0. The molecule has 1 aromatic carbocycles. The van der Waals surface area contributed by atoms with Gasteiger partial charge in [-0.3, -0.25) is 4.79 Å². The van der Waals surface area contributed by atoms with Crippen LogP contribution in [0.25, 0.3) is 0 Å². The van der Waals surface area contributed by atoms with Gasteiger partial charge in [0.15, 0.2) is 0 Å². The minimum absolute atomic E-state index is 0.108. The molecule has 0 aliphatic carbocycles. The monoisotopic (exact) mass is 274 g/mol. The number of aryl methyl sites for hydroxylation is 1. The van der Waals surface area contributed by atoms with Crippen LogP contribution in [0.1, 0.15) is 18.5 Å². The highest BCUT2D eigenvalue weighted by molar-refractivity contribution is 5.79. The van der Waals surface area contributed by atoms with Gasteiger partial charge in [-0.25, -0.2) is 9.67 Å². The van der Waals surface area contributed by atoms with Gasteiger partial charge >= 0.3 is 0 Å². The molecule has 0 radical (unpaired) electrons. The van der Waals surface area contributed by atoms with Gasteiger partial charge in [0, 0.05) is 0 Å². The Morgan fingerprint density at radius 3 is 2.80 bits per heavy atom. The van der Waals surface area contributed by atoms with Crippen LogP contribution in [0.5, 0.6) is 5.75 Å². The maximum Gasteiger partial charge on any atom is 0.244 e. The maximum absolute atomic E-state index is 11.8. The third-order valence-electron chi connectivity index (χ3n) is 2.90.